The molecule has 36 heavy (non-hydrogen) atoms. The Morgan fingerprint density at radius 1 is 1.11 bits per heavy atom. The number of carbonyl (C=O) groups excluding carboxylic acids is 5. The number of nitrogens with one attached hydrogen (secondary N) is 1. The maximum absolute atomic E-state index is 12.1. The van der Waals surface area contributed by atoms with Crippen molar-refractivity contribution in [2.75, 3.05) is 13.1 Å². The maximum Gasteiger partial charge on any atom is 0.410 e. The molecule has 3 amide bonds. The predicted molar refractivity (Wildman–Crippen MR) is 139 cm³/mol. The van der Waals surface area contributed by atoms with Gasteiger partial charge in [0.05, 0.1) is 0 Å². The summed E-state index contributed by atoms with van der Waals surface area (Å²) < 4.78 is 5.42. The van der Waals surface area contributed by atoms with Gasteiger partial charge in [0.25, 0.3) is 0 Å². The molecule has 1 unspecified atom stereocenters. The molecule has 2 saturated heterocycles. The average molecular weight is 503 g/mol. The zero-order valence-electron chi connectivity index (χ0n) is 22.8. The number of imide groups is 1. The Kier molecular flexibility index (Phi) is 12.5. The molecule has 0 saturated carbocycles. The molecule has 1 atom stereocenters. The number of hydrogen-bond acceptors (Lipinski definition) is 6. The highest BCUT2D eigenvalue weighted by Crippen LogP contribution is 2.30. The van der Waals surface area contributed by atoms with Crippen molar-refractivity contribution >= 4 is 30.0 Å². The number of likely N-dealkylation sites (tertiary alicyclic amines) is 1. The quantitative estimate of drug-likeness (QED) is 0.340. The van der Waals surface area contributed by atoms with Crippen molar-refractivity contribution in [1.29, 1.82) is 0 Å². The van der Waals surface area contributed by atoms with Crippen LogP contribution in [-0.4, -0.2) is 53.6 Å². The second-order valence-corrected chi connectivity index (χ2v) is 9.84. The fourth-order valence-corrected chi connectivity index (χ4v) is 3.89. The summed E-state index contributed by atoms with van der Waals surface area (Å²) in [4.78, 5) is 58.3. The molecular formula is C28H42N2O6. The van der Waals surface area contributed by atoms with Crippen LogP contribution in [0.3, 0.4) is 0 Å². The molecule has 200 valence electrons. The number of Topliss-reactive ketones (excluding diaryl/α,β-unsaturated/α-hetero) is 1. The van der Waals surface area contributed by atoms with E-state index in [4.69, 9.17) is 4.74 Å². The summed E-state index contributed by atoms with van der Waals surface area (Å²) in [5.41, 5.74) is 1.52. The predicted octanol–water partition coefficient (Wildman–Crippen LogP) is 5.29. The number of ether oxygens (including phenoxy) is 1. The number of carbonyl (C=O) groups is 5. The Labute approximate surface area is 215 Å². The molecule has 2 aliphatic heterocycles. The van der Waals surface area contributed by atoms with E-state index in [1.807, 2.05) is 53.7 Å². The van der Waals surface area contributed by atoms with E-state index in [1.165, 1.54) is 0 Å². The van der Waals surface area contributed by atoms with E-state index in [9.17, 15) is 24.0 Å². The third-order valence-electron chi connectivity index (χ3n) is 5.96. The summed E-state index contributed by atoms with van der Waals surface area (Å²) in [5.74, 6) is 0.00462. The minimum Gasteiger partial charge on any atom is -0.444 e. The van der Waals surface area contributed by atoms with Crippen LogP contribution in [0.15, 0.2) is 18.2 Å². The lowest BCUT2D eigenvalue weighted by atomic mass is 9.87. The van der Waals surface area contributed by atoms with Crippen LogP contribution in [-0.2, 0) is 14.3 Å². The summed E-state index contributed by atoms with van der Waals surface area (Å²) in [6.45, 7) is 14.5. The highest BCUT2D eigenvalue weighted by Gasteiger charge is 2.28. The first kappa shape index (κ1) is 31.0. The maximum atomic E-state index is 12.1. The number of aldehydes is 1. The fraction of sp³-hybridized carbons (Fsp3) is 0.607. The number of benzene rings is 1. The van der Waals surface area contributed by atoms with Gasteiger partial charge in [-0.2, -0.15) is 0 Å². The molecule has 2 fully saturated rings. The van der Waals surface area contributed by atoms with Crippen LogP contribution >= 0.6 is 0 Å². The van der Waals surface area contributed by atoms with E-state index in [2.05, 4.69) is 5.32 Å². The number of ketones is 1. The van der Waals surface area contributed by atoms with Gasteiger partial charge >= 0.3 is 6.09 Å². The first-order chi connectivity index (χ1) is 16.9. The topological polar surface area (TPSA) is 110 Å². The lowest BCUT2D eigenvalue weighted by Crippen LogP contribution is -2.41. The van der Waals surface area contributed by atoms with Crippen molar-refractivity contribution in [2.24, 2.45) is 5.92 Å². The largest absolute Gasteiger partial charge is 0.444 e. The second kappa shape index (κ2) is 14.5. The summed E-state index contributed by atoms with van der Waals surface area (Å²) in [5, 5.41) is 2.25. The van der Waals surface area contributed by atoms with Crippen molar-refractivity contribution in [2.45, 2.75) is 92.1 Å². The van der Waals surface area contributed by atoms with Crippen LogP contribution in [0.4, 0.5) is 4.79 Å². The summed E-state index contributed by atoms with van der Waals surface area (Å²) >= 11 is 0. The molecule has 1 N–H and O–H groups in total. The highest BCUT2D eigenvalue weighted by atomic mass is 16.6. The molecule has 3 rings (SSSR count). The zero-order chi connectivity index (χ0) is 27.5. The van der Waals surface area contributed by atoms with E-state index in [1.54, 1.807) is 17.9 Å². The molecule has 2 heterocycles. The first-order valence-electron chi connectivity index (χ1n) is 12.9. The fourth-order valence-electron chi connectivity index (χ4n) is 3.89. The molecule has 0 bridgehead atoms. The molecule has 0 radical (unpaired) electrons. The first-order valence-corrected chi connectivity index (χ1v) is 12.9. The third-order valence-corrected chi connectivity index (χ3v) is 5.96. The third kappa shape index (κ3) is 9.55. The van der Waals surface area contributed by atoms with Gasteiger partial charge in [0.15, 0.2) is 12.1 Å². The molecule has 8 heteroatoms. The Bertz CT molecular complexity index is 926. The van der Waals surface area contributed by atoms with E-state index in [0.29, 0.717) is 43.5 Å². The van der Waals surface area contributed by atoms with E-state index >= 15 is 0 Å². The van der Waals surface area contributed by atoms with Gasteiger partial charge in [0.1, 0.15) is 5.60 Å². The van der Waals surface area contributed by atoms with Gasteiger partial charge in [0, 0.05) is 43.0 Å². The molecule has 1 aromatic rings. The number of hydrogen-bond donors (Lipinski definition) is 1. The van der Waals surface area contributed by atoms with Crippen molar-refractivity contribution in [3.63, 3.8) is 0 Å². The van der Waals surface area contributed by atoms with Crippen LogP contribution in [0, 0.1) is 5.92 Å². The number of amides is 3. The van der Waals surface area contributed by atoms with Crippen molar-refractivity contribution in [1.82, 2.24) is 10.2 Å². The average Bonchev–Trinajstić information content (AvgIpc) is 2.86. The monoisotopic (exact) mass is 502 g/mol. The molecule has 0 aliphatic carbocycles. The lowest BCUT2D eigenvalue weighted by molar-refractivity contribution is -0.135. The van der Waals surface area contributed by atoms with E-state index in [-0.39, 0.29) is 35.5 Å². The van der Waals surface area contributed by atoms with Crippen LogP contribution in [0.25, 0.3) is 0 Å². The number of nitrogens with zero attached hydrogens (tertiary/aromatic N) is 1. The number of rotatable bonds is 4. The second-order valence-electron chi connectivity index (χ2n) is 9.84. The molecular weight excluding hydrogens is 460 g/mol. The van der Waals surface area contributed by atoms with Crippen LogP contribution < -0.4 is 5.32 Å². The van der Waals surface area contributed by atoms with Crippen LogP contribution in [0.1, 0.15) is 113 Å². The molecule has 0 aromatic heterocycles. The smallest absolute Gasteiger partial charge is 0.410 e. The Hall–Kier alpha value is -3.03. The molecule has 1 aromatic carbocycles. The minimum absolute atomic E-state index is 0.0164. The van der Waals surface area contributed by atoms with Gasteiger partial charge in [-0.05, 0) is 57.6 Å². The van der Waals surface area contributed by atoms with Gasteiger partial charge in [-0.25, -0.2) is 4.79 Å². The van der Waals surface area contributed by atoms with E-state index < -0.39 is 5.60 Å². The lowest BCUT2D eigenvalue weighted by Gasteiger charge is -2.33. The van der Waals surface area contributed by atoms with Crippen molar-refractivity contribution < 1.29 is 28.7 Å². The van der Waals surface area contributed by atoms with Gasteiger partial charge in [0.2, 0.25) is 11.8 Å². The summed E-state index contributed by atoms with van der Waals surface area (Å²) in [6.07, 6.45) is 3.67. The van der Waals surface area contributed by atoms with Crippen molar-refractivity contribution in [3.05, 3.63) is 34.9 Å². The zero-order valence-corrected chi connectivity index (χ0v) is 22.8. The highest BCUT2D eigenvalue weighted by molar-refractivity contribution is 6.02. The Balaban J connectivity index is 0.000000491. The summed E-state index contributed by atoms with van der Waals surface area (Å²) in [6, 6.07) is 5.50. The SMILES string of the molecule is CC.CC1CCC(=O)NC1=O.CCC(=O)c1cc(C2CCN(C(=O)OC(C)(C)C)CC2)ccc1C=O. The minimum atomic E-state index is -0.492. The molecule has 0 spiro atoms. The van der Waals surface area contributed by atoms with Gasteiger partial charge < -0.3 is 9.64 Å². The molecule has 8 nitrogen and oxygen atoms in total. The normalized spacial score (nSPS) is 18.1. The Morgan fingerprint density at radius 2 is 1.72 bits per heavy atom. The standard InChI is InChI=1S/C20H27NO4.C6H9NO2.C2H6/c1-5-18(23)17-12-15(6-7-16(17)13-22)14-8-10-21(11-9-14)19(24)25-20(2,3)4;1-4-2-3-5(8)7-6(4)9;1-2/h6-7,12-14H,5,8-11H2,1-4H3;4H,2-3H2,1H3,(H,7,8,9);1-2H3. The number of piperidine rings is 2. The van der Waals surface area contributed by atoms with E-state index in [0.717, 1.165) is 24.7 Å². The summed E-state index contributed by atoms with van der Waals surface area (Å²) in [7, 11) is 0. The van der Waals surface area contributed by atoms with Crippen LogP contribution in [0.2, 0.25) is 0 Å². The Morgan fingerprint density at radius 3 is 2.19 bits per heavy atom. The van der Waals surface area contributed by atoms with Gasteiger partial charge in [-0.1, -0.05) is 39.8 Å². The van der Waals surface area contributed by atoms with Crippen molar-refractivity contribution in [3.8, 4) is 0 Å². The molecule has 2 aliphatic rings. The van der Waals surface area contributed by atoms with Gasteiger partial charge in [-0.3, -0.25) is 24.5 Å². The van der Waals surface area contributed by atoms with Gasteiger partial charge in [-0.15, -0.1) is 0 Å². The van der Waals surface area contributed by atoms with Crippen LogP contribution in [0.5, 0.6) is 0 Å².